The molecule has 0 aromatic carbocycles. The first kappa shape index (κ1) is 15.0. The molecule has 2 rings (SSSR count). The van der Waals surface area contributed by atoms with Crippen LogP contribution in [0, 0.1) is 19.3 Å². The van der Waals surface area contributed by atoms with Gasteiger partial charge in [0.25, 0.3) is 5.91 Å². The summed E-state index contributed by atoms with van der Waals surface area (Å²) in [6, 6.07) is 0. The van der Waals surface area contributed by atoms with E-state index in [0.29, 0.717) is 18.4 Å². The molecule has 110 valence electrons. The van der Waals surface area contributed by atoms with Crippen LogP contribution in [-0.4, -0.2) is 23.5 Å². The second kappa shape index (κ2) is 5.95. The zero-order valence-corrected chi connectivity index (χ0v) is 12.8. The summed E-state index contributed by atoms with van der Waals surface area (Å²) >= 11 is 1.55. The van der Waals surface area contributed by atoms with Crippen LogP contribution >= 0.6 is 11.3 Å². The molecule has 1 aliphatic carbocycles. The summed E-state index contributed by atoms with van der Waals surface area (Å²) in [5.41, 5.74) is 0.886. The number of hydrogen-bond donors (Lipinski definition) is 2. The smallest absolute Gasteiger partial charge is 0.311 e. The van der Waals surface area contributed by atoms with Gasteiger partial charge in [-0.1, -0.05) is 19.3 Å². The van der Waals surface area contributed by atoms with Gasteiger partial charge >= 0.3 is 5.97 Å². The van der Waals surface area contributed by atoms with Gasteiger partial charge in [0.15, 0.2) is 0 Å². The summed E-state index contributed by atoms with van der Waals surface area (Å²) in [4.78, 5) is 24.9. The molecule has 1 heterocycles. The van der Waals surface area contributed by atoms with Crippen LogP contribution in [0.15, 0.2) is 5.38 Å². The van der Waals surface area contributed by atoms with Gasteiger partial charge in [-0.05, 0) is 32.3 Å². The summed E-state index contributed by atoms with van der Waals surface area (Å²) in [5.74, 6) is -0.936. The van der Waals surface area contributed by atoms with Gasteiger partial charge in [-0.25, -0.2) is 0 Å². The van der Waals surface area contributed by atoms with Crippen molar-refractivity contribution in [3.8, 4) is 0 Å². The number of carbonyl (C=O) groups is 2. The number of thiophene rings is 1. The third-order valence-electron chi connectivity index (χ3n) is 4.38. The minimum Gasteiger partial charge on any atom is -0.481 e. The number of carboxylic acids is 1. The molecule has 1 aliphatic rings. The zero-order valence-electron chi connectivity index (χ0n) is 12.0. The fourth-order valence-electron chi connectivity index (χ4n) is 2.78. The maximum atomic E-state index is 12.2. The summed E-state index contributed by atoms with van der Waals surface area (Å²) in [6.07, 6.45) is 4.26. The number of aryl methyl sites for hydroxylation is 1. The lowest BCUT2D eigenvalue weighted by Crippen LogP contribution is -2.44. The quantitative estimate of drug-likeness (QED) is 0.897. The standard InChI is InChI=1S/C15H21NO3S/c1-10-11(2)20-8-12(10)13(17)16-9-15(14(18)19)6-4-3-5-7-15/h8H,3-7,9H2,1-2H3,(H,16,17)(H,18,19). The number of aliphatic carboxylic acids is 1. The number of carbonyl (C=O) groups excluding carboxylic acids is 1. The third-order valence-corrected chi connectivity index (χ3v) is 5.40. The van der Waals surface area contributed by atoms with Crippen molar-refractivity contribution in [3.05, 3.63) is 21.4 Å². The molecule has 0 aliphatic heterocycles. The normalized spacial score (nSPS) is 17.7. The summed E-state index contributed by atoms with van der Waals surface area (Å²) in [7, 11) is 0. The number of hydrogen-bond acceptors (Lipinski definition) is 3. The highest BCUT2D eigenvalue weighted by Crippen LogP contribution is 2.36. The number of carboxylic acid groups (broad SMARTS) is 1. The topological polar surface area (TPSA) is 66.4 Å². The fourth-order valence-corrected chi connectivity index (χ4v) is 3.64. The van der Waals surface area contributed by atoms with Crippen molar-refractivity contribution in [2.24, 2.45) is 5.41 Å². The molecule has 0 atom stereocenters. The van der Waals surface area contributed by atoms with E-state index in [0.717, 1.165) is 29.7 Å². The van der Waals surface area contributed by atoms with Crippen LogP contribution in [0.25, 0.3) is 0 Å². The van der Waals surface area contributed by atoms with Crippen LogP contribution in [0.1, 0.15) is 52.9 Å². The minimum atomic E-state index is -0.782. The first-order valence-corrected chi connectivity index (χ1v) is 7.90. The van der Waals surface area contributed by atoms with Crippen LogP contribution in [0.3, 0.4) is 0 Å². The minimum absolute atomic E-state index is 0.155. The Bertz CT molecular complexity index is 515. The average molecular weight is 295 g/mol. The largest absolute Gasteiger partial charge is 0.481 e. The Kier molecular flexibility index (Phi) is 4.48. The molecular weight excluding hydrogens is 274 g/mol. The lowest BCUT2D eigenvalue weighted by Gasteiger charge is -2.33. The van der Waals surface area contributed by atoms with E-state index in [1.807, 2.05) is 19.2 Å². The molecule has 4 nitrogen and oxygen atoms in total. The number of rotatable bonds is 4. The zero-order chi connectivity index (χ0) is 14.8. The molecule has 1 fully saturated rings. The maximum Gasteiger partial charge on any atom is 0.311 e. The number of amides is 1. The molecule has 0 bridgehead atoms. The Morgan fingerprint density at radius 3 is 2.45 bits per heavy atom. The second-order valence-corrected chi connectivity index (χ2v) is 6.74. The molecule has 1 aromatic heterocycles. The van der Waals surface area contributed by atoms with Crippen molar-refractivity contribution in [1.29, 1.82) is 0 Å². The molecule has 0 radical (unpaired) electrons. The van der Waals surface area contributed by atoms with Crippen LogP contribution in [0.2, 0.25) is 0 Å². The molecule has 1 saturated carbocycles. The van der Waals surface area contributed by atoms with E-state index >= 15 is 0 Å². The van der Waals surface area contributed by atoms with Crippen molar-refractivity contribution >= 4 is 23.2 Å². The second-order valence-electron chi connectivity index (χ2n) is 5.66. The van der Waals surface area contributed by atoms with E-state index in [1.165, 1.54) is 0 Å². The van der Waals surface area contributed by atoms with Gasteiger partial charge in [0.2, 0.25) is 0 Å². The molecule has 0 unspecified atom stereocenters. The van der Waals surface area contributed by atoms with Gasteiger partial charge in [0.1, 0.15) is 0 Å². The summed E-state index contributed by atoms with van der Waals surface area (Å²) < 4.78 is 0. The summed E-state index contributed by atoms with van der Waals surface area (Å²) in [5, 5.41) is 14.2. The van der Waals surface area contributed by atoms with Crippen LogP contribution < -0.4 is 5.32 Å². The molecule has 0 saturated heterocycles. The van der Waals surface area contributed by atoms with E-state index in [4.69, 9.17) is 0 Å². The van der Waals surface area contributed by atoms with Crippen LogP contribution in [-0.2, 0) is 4.79 Å². The van der Waals surface area contributed by atoms with Gasteiger partial charge in [0.05, 0.1) is 11.0 Å². The van der Waals surface area contributed by atoms with Gasteiger partial charge in [-0.15, -0.1) is 11.3 Å². The van der Waals surface area contributed by atoms with Crippen molar-refractivity contribution in [1.82, 2.24) is 5.32 Å². The Morgan fingerprint density at radius 1 is 1.30 bits per heavy atom. The van der Waals surface area contributed by atoms with Crippen molar-refractivity contribution < 1.29 is 14.7 Å². The molecule has 2 N–H and O–H groups in total. The van der Waals surface area contributed by atoms with Crippen LogP contribution in [0.5, 0.6) is 0 Å². The monoisotopic (exact) mass is 295 g/mol. The molecule has 0 spiro atoms. The van der Waals surface area contributed by atoms with E-state index in [9.17, 15) is 14.7 Å². The van der Waals surface area contributed by atoms with Gasteiger partial charge in [0, 0.05) is 16.8 Å². The Hall–Kier alpha value is -1.36. The average Bonchev–Trinajstić information content (AvgIpc) is 2.77. The highest BCUT2D eigenvalue weighted by Gasteiger charge is 2.39. The van der Waals surface area contributed by atoms with E-state index in [2.05, 4.69) is 5.32 Å². The predicted octanol–water partition coefficient (Wildman–Crippen LogP) is 3.13. The van der Waals surface area contributed by atoms with E-state index in [-0.39, 0.29) is 12.5 Å². The highest BCUT2D eigenvalue weighted by molar-refractivity contribution is 7.10. The SMILES string of the molecule is Cc1scc(C(=O)NCC2(C(=O)O)CCCCC2)c1C. The van der Waals surface area contributed by atoms with Crippen molar-refractivity contribution in [2.45, 2.75) is 46.0 Å². The van der Waals surface area contributed by atoms with E-state index < -0.39 is 11.4 Å². The third kappa shape index (κ3) is 2.87. The molecular formula is C15H21NO3S. The fraction of sp³-hybridized carbons (Fsp3) is 0.600. The molecule has 1 amide bonds. The molecule has 5 heteroatoms. The van der Waals surface area contributed by atoms with Crippen molar-refractivity contribution in [2.75, 3.05) is 6.54 Å². The predicted molar refractivity (Wildman–Crippen MR) is 79.3 cm³/mol. The summed E-state index contributed by atoms with van der Waals surface area (Å²) in [6.45, 7) is 4.14. The lowest BCUT2D eigenvalue weighted by molar-refractivity contribution is -0.150. The Morgan fingerprint density at radius 2 is 1.95 bits per heavy atom. The Balaban J connectivity index is 2.04. The van der Waals surface area contributed by atoms with Gasteiger partial charge < -0.3 is 10.4 Å². The van der Waals surface area contributed by atoms with E-state index in [1.54, 1.807) is 11.3 Å². The number of nitrogens with one attached hydrogen (secondary N) is 1. The highest BCUT2D eigenvalue weighted by atomic mass is 32.1. The molecule has 20 heavy (non-hydrogen) atoms. The Labute approximate surface area is 123 Å². The molecule has 1 aromatic rings. The first-order valence-electron chi connectivity index (χ1n) is 7.02. The van der Waals surface area contributed by atoms with Gasteiger partial charge in [-0.2, -0.15) is 0 Å². The lowest BCUT2D eigenvalue weighted by atomic mass is 9.74. The first-order chi connectivity index (χ1) is 9.46. The maximum absolute atomic E-state index is 12.2. The van der Waals surface area contributed by atoms with Crippen molar-refractivity contribution in [3.63, 3.8) is 0 Å². The van der Waals surface area contributed by atoms with Crippen LogP contribution in [0.4, 0.5) is 0 Å². The van der Waals surface area contributed by atoms with Gasteiger partial charge in [-0.3, -0.25) is 9.59 Å².